The molecule has 0 N–H and O–H groups in total. The van der Waals surface area contributed by atoms with E-state index in [1.807, 2.05) is 24.3 Å². The molecule has 0 aromatic carbocycles. The van der Waals surface area contributed by atoms with Gasteiger partial charge in [-0.2, -0.15) is 5.10 Å². The molecule has 3 heterocycles. The minimum atomic E-state index is -0.0496. The number of nitrogens with zero attached hydrogens (tertiary/aromatic N) is 3. The van der Waals surface area contributed by atoms with Gasteiger partial charge in [0.05, 0.1) is 24.6 Å². The van der Waals surface area contributed by atoms with Gasteiger partial charge < -0.3 is 14.1 Å². The van der Waals surface area contributed by atoms with E-state index in [2.05, 4.69) is 5.10 Å². The summed E-state index contributed by atoms with van der Waals surface area (Å²) in [6.45, 7) is 1.52. The summed E-state index contributed by atoms with van der Waals surface area (Å²) < 4.78 is 13.3. The highest BCUT2D eigenvalue weighted by atomic mass is 16.5. The van der Waals surface area contributed by atoms with Crippen molar-refractivity contribution in [2.45, 2.75) is 37.8 Å². The zero-order valence-electron chi connectivity index (χ0n) is 13.9. The maximum Gasteiger partial charge on any atom is 0.289 e. The first kappa shape index (κ1) is 15.4. The monoisotopic (exact) mass is 329 g/mol. The van der Waals surface area contributed by atoms with Gasteiger partial charge in [0.15, 0.2) is 5.76 Å². The third kappa shape index (κ3) is 3.24. The molecule has 0 bridgehead atoms. The highest BCUT2D eigenvalue weighted by Gasteiger charge is 2.39. The quantitative estimate of drug-likeness (QED) is 0.816. The average molecular weight is 329 g/mol. The lowest BCUT2D eigenvalue weighted by Crippen LogP contribution is -2.42. The number of ether oxygens (including phenoxy) is 1. The summed E-state index contributed by atoms with van der Waals surface area (Å²) >= 11 is 0. The molecular formula is C18H23N3O3. The molecule has 4 rings (SSSR count). The van der Waals surface area contributed by atoms with Gasteiger partial charge in [-0.25, -0.2) is 0 Å². The summed E-state index contributed by atoms with van der Waals surface area (Å²) in [5.74, 6) is 1.07. The van der Waals surface area contributed by atoms with E-state index < -0.39 is 0 Å². The van der Waals surface area contributed by atoms with Crippen LogP contribution in [-0.4, -0.2) is 45.9 Å². The van der Waals surface area contributed by atoms with Gasteiger partial charge in [-0.1, -0.05) is 0 Å². The summed E-state index contributed by atoms with van der Waals surface area (Å²) in [7, 11) is 1.91. The highest BCUT2D eigenvalue weighted by Crippen LogP contribution is 2.32. The molecule has 2 aromatic rings. The molecule has 2 fully saturated rings. The first-order chi connectivity index (χ1) is 11.7. The van der Waals surface area contributed by atoms with Crippen molar-refractivity contribution in [1.82, 2.24) is 14.7 Å². The molecule has 1 aliphatic carbocycles. The van der Waals surface area contributed by atoms with E-state index in [1.54, 1.807) is 23.1 Å². The standard InChI is InChI=1S/C18H23N3O3/c1-20-11-14(10-19-20)9-15-16(24-12-13-4-5-13)6-7-21(15)18(22)17-3-2-8-23-17/h2-3,8,10-11,13,15-16H,4-7,9,12H2,1H3/t15-,16+/m0/s1. The normalized spacial score (nSPS) is 23.8. The van der Waals surface area contributed by atoms with Gasteiger partial charge in [0.25, 0.3) is 5.91 Å². The fourth-order valence-electron chi connectivity index (χ4n) is 3.42. The van der Waals surface area contributed by atoms with Gasteiger partial charge in [0.2, 0.25) is 0 Å². The average Bonchev–Trinajstić information content (AvgIpc) is 2.98. The fourth-order valence-corrected chi connectivity index (χ4v) is 3.42. The number of hydrogen-bond acceptors (Lipinski definition) is 4. The minimum Gasteiger partial charge on any atom is -0.459 e. The molecule has 2 atom stereocenters. The van der Waals surface area contributed by atoms with Crippen molar-refractivity contribution in [2.75, 3.05) is 13.2 Å². The molecule has 2 aliphatic rings. The molecule has 6 heteroatoms. The molecule has 1 aliphatic heterocycles. The van der Waals surface area contributed by atoms with E-state index in [9.17, 15) is 4.79 Å². The van der Waals surface area contributed by atoms with Crippen LogP contribution in [0.5, 0.6) is 0 Å². The number of aromatic nitrogens is 2. The van der Waals surface area contributed by atoms with Crippen LogP contribution in [0.2, 0.25) is 0 Å². The van der Waals surface area contributed by atoms with Crippen LogP contribution in [0.1, 0.15) is 35.4 Å². The first-order valence-corrected chi connectivity index (χ1v) is 8.64. The molecule has 0 spiro atoms. The van der Waals surface area contributed by atoms with Crippen LogP contribution in [0.4, 0.5) is 0 Å². The molecule has 2 aromatic heterocycles. The third-order valence-electron chi connectivity index (χ3n) is 4.92. The molecule has 0 unspecified atom stereocenters. The Hall–Kier alpha value is -2.08. The summed E-state index contributed by atoms with van der Waals surface area (Å²) in [4.78, 5) is 14.7. The number of carbonyl (C=O) groups is 1. The second-order valence-corrected chi connectivity index (χ2v) is 6.87. The van der Waals surface area contributed by atoms with Crippen molar-refractivity contribution in [3.05, 3.63) is 42.1 Å². The lowest BCUT2D eigenvalue weighted by Gasteiger charge is -2.27. The smallest absolute Gasteiger partial charge is 0.289 e. The molecule has 0 radical (unpaired) electrons. The number of furan rings is 1. The SMILES string of the molecule is Cn1cc(C[C@H]2[C@H](OCC3CC3)CCN2C(=O)c2ccco2)cn1. The Morgan fingerprint density at radius 3 is 2.96 bits per heavy atom. The Morgan fingerprint density at radius 1 is 1.42 bits per heavy atom. The Balaban J connectivity index is 1.51. The number of aryl methyl sites for hydroxylation is 1. The number of carbonyl (C=O) groups excluding carboxylic acids is 1. The van der Waals surface area contributed by atoms with Gasteiger partial charge in [-0.05, 0) is 49.3 Å². The maximum absolute atomic E-state index is 12.8. The zero-order valence-corrected chi connectivity index (χ0v) is 13.9. The van der Waals surface area contributed by atoms with Crippen molar-refractivity contribution in [2.24, 2.45) is 13.0 Å². The van der Waals surface area contributed by atoms with Crippen LogP contribution in [0, 0.1) is 5.92 Å². The predicted molar refractivity (Wildman–Crippen MR) is 87.5 cm³/mol. The van der Waals surface area contributed by atoms with Crippen molar-refractivity contribution in [1.29, 1.82) is 0 Å². The third-order valence-corrected chi connectivity index (χ3v) is 4.92. The summed E-state index contributed by atoms with van der Waals surface area (Å²) in [5.41, 5.74) is 1.13. The van der Waals surface area contributed by atoms with Crippen molar-refractivity contribution < 1.29 is 13.9 Å². The summed E-state index contributed by atoms with van der Waals surface area (Å²) in [6.07, 6.45) is 9.69. The second-order valence-electron chi connectivity index (χ2n) is 6.87. The van der Waals surface area contributed by atoms with Gasteiger partial charge in [-0.15, -0.1) is 0 Å². The minimum absolute atomic E-state index is 0.0329. The Kier molecular flexibility index (Phi) is 4.14. The van der Waals surface area contributed by atoms with E-state index in [-0.39, 0.29) is 18.1 Å². The molecule has 24 heavy (non-hydrogen) atoms. The van der Waals surface area contributed by atoms with Crippen molar-refractivity contribution in [3.8, 4) is 0 Å². The Labute approximate surface area is 141 Å². The molecular weight excluding hydrogens is 306 g/mol. The topological polar surface area (TPSA) is 60.5 Å². The number of rotatable bonds is 6. The van der Waals surface area contributed by atoms with Gasteiger partial charge in [0, 0.05) is 26.4 Å². The van der Waals surface area contributed by atoms with E-state index >= 15 is 0 Å². The number of amides is 1. The second kappa shape index (κ2) is 6.43. The van der Waals surface area contributed by atoms with Crippen LogP contribution >= 0.6 is 0 Å². The molecule has 1 saturated carbocycles. The highest BCUT2D eigenvalue weighted by molar-refractivity contribution is 5.92. The summed E-state index contributed by atoms with van der Waals surface area (Å²) in [6, 6.07) is 3.51. The van der Waals surface area contributed by atoms with Gasteiger partial charge in [-0.3, -0.25) is 9.48 Å². The molecule has 6 nitrogen and oxygen atoms in total. The molecule has 128 valence electrons. The van der Waals surface area contributed by atoms with E-state index in [4.69, 9.17) is 9.15 Å². The van der Waals surface area contributed by atoms with Crippen LogP contribution in [-0.2, 0) is 18.2 Å². The lowest BCUT2D eigenvalue weighted by molar-refractivity contribution is 0.0192. The van der Waals surface area contributed by atoms with Crippen molar-refractivity contribution >= 4 is 5.91 Å². The van der Waals surface area contributed by atoms with Crippen LogP contribution in [0.15, 0.2) is 35.2 Å². The van der Waals surface area contributed by atoms with Gasteiger partial charge in [0.1, 0.15) is 0 Å². The van der Waals surface area contributed by atoms with Gasteiger partial charge >= 0.3 is 0 Å². The first-order valence-electron chi connectivity index (χ1n) is 8.64. The number of likely N-dealkylation sites (tertiary alicyclic amines) is 1. The lowest BCUT2D eigenvalue weighted by atomic mass is 10.0. The molecule has 1 saturated heterocycles. The summed E-state index contributed by atoms with van der Waals surface area (Å²) in [5, 5.41) is 4.24. The van der Waals surface area contributed by atoms with Crippen LogP contribution < -0.4 is 0 Å². The van der Waals surface area contributed by atoms with Crippen molar-refractivity contribution in [3.63, 3.8) is 0 Å². The Morgan fingerprint density at radius 2 is 2.29 bits per heavy atom. The molecule has 1 amide bonds. The predicted octanol–water partition coefficient (Wildman–Crippen LogP) is 2.27. The fraction of sp³-hybridized carbons (Fsp3) is 0.556. The van der Waals surface area contributed by atoms with E-state index in [1.165, 1.54) is 12.8 Å². The maximum atomic E-state index is 12.8. The van der Waals surface area contributed by atoms with E-state index in [0.29, 0.717) is 12.3 Å². The largest absolute Gasteiger partial charge is 0.459 e. The number of hydrogen-bond donors (Lipinski definition) is 0. The Bertz CT molecular complexity index is 690. The van der Waals surface area contributed by atoms with Crippen LogP contribution in [0.25, 0.3) is 0 Å². The zero-order chi connectivity index (χ0) is 16.5. The van der Waals surface area contributed by atoms with Crippen LogP contribution in [0.3, 0.4) is 0 Å². The van der Waals surface area contributed by atoms with E-state index in [0.717, 1.165) is 30.9 Å².